The fourth-order valence-electron chi connectivity index (χ4n) is 4.31. The largest absolute Gasteiger partial charge is 0.497 e. The van der Waals surface area contributed by atoms with Crippen LogP contribution in [0.1, 0.15) is 29.0 Å². The normalized spacial score (nSPS) is 11.7. The van der Waals surface area contributed by atoms with Crippen LogP contribution in [0.5, 0.6) is 17.2 Å². The summed E-state index contributed by atoms with van der Waals surface area (Å²) in [4.78, 5) is 16.1. The Morgan fingerprint density at radius 1 is 0.882 bits per heavy atom. The van der Waals surface area contributed by atoms with Gasteiger partial charge in [-0.2, -0.15) is 0 Å². The van der Waals surface area contributed by atoms with Crippen LogP contribution in [-0.4, -0.2) is 38.8 Å². The number of para-hydroxylation sites is 2. The molecule has 6 nitrogen and oxygen atoms in total. The first-order valence-corrected chi connectivity index (χ1v) is 11.3. The molecule has 0 radical (unpaired) electrons. The van der Waals surface area contributed by atoms with Crippen molar-refractivity contribution in [2.75, 3.05) is 27.9 Å². The maximum atomic E-state index is 12.8. The van der Waals surface area contributed by atoms with Crippen molar-refractivity contribution in [3.63, 3.8) is 0 Å². The lowest BCUT2D eigenvalue weighted by Gasteiger charge is -2.22. The number of carbonyl (C=O) groups is 1. The number of hydrogen-bond donors (Lipinski definition) is 2. The molecule has 1 unspecified atom stereocenters. The van der Waals surface area contributed by atoms with Gasteiger partial charge in [0.05, 0.1) is 21.3 Å². The maximum absolute atomic E-state index is 12.8. The maximum Gasteiger partial charge on any atom is 0.220 e. The lowest BCUT2D eigenvalue weighted by Crippen LogP contribution is -2.29. The number of fused-ring (bicyclic) bond motifs is 1. The highest BCUT2D eigenvalue weighted by Gasteiger charge is 2.24. The number of nitrogens with one attached hydrogen (secondary N) is 2. The number of H-pyrrole nitrogens is 1. The molecule has 1 heterocycles. The van der Waals surface area contributed by atoms with Gasteiger partial charge < -0.3 is 24.5 Å². The van der Waals surface area contributed by atoms with Crippen molar-refractivity contribution in [3.05, 3.63) is 89.6 Å². The van der Waals surface area contributed by atoms with Gasteiger partial charge in [-0.1, -0.05) is 42.5 Å². The van der Waals surface area contributed by atoms with Gasteiger partial charge in [-0.25, -0.2) is 0 Å². The Labute approximate surface area is 199 Å². The third-order valence-corrected chi connectivity index (χ3v) is 6.11. The van der Waals surface area contributed by atoms with Crippen LogP contribution in [-0.2, 0) is 11.2 Å². The summed E-state index contributed by atoms with van der Waals surface area (Å²) in [6.07, 6.45) is 3.08. The number of amides is 1. The van der Waals surface area contributed by atoms with Crippen molar-refractivity contribution in [3.8, 4) is 17.2 Å². The van der Waals surface area contributed by atoms with Crippen molar-refractivity contribution >= 4 is 16.8 Å². The quantitative estimate of drug-likeness (QED) is 0.348. The van der Waals surface area contributed by atoms with Crippen LogP contribution in [0.2, 0.25) is 0 Å². The predicted molar refractivity (Wildman–Crippen MR) is 134 cm³/mol. The number of rotatable bonds is 10. The Balaban J connectivity index is 1.56. The number of aromatic nitrogens is 1. The zero-order valence-electron chi connectivity index (χ0n) is 19.8. The second kappa shape index (κ2) is 10.8. The summed E-state index contributed by atoms with van der Waals surface area (Å²) in [6.45, 7) is 0.437. The van der Waals surface area contributed by atoms with E-state index in [1.165, 1.54) is 0 Å². The molecule has 34 heavy (non-hydrogen) atoms. The summed E-state index contributed by atoms with van der Waals surface area (Å²) in [5.74, 6) is 2.03. The van der Waals surface area contributed by atoms with Crippen LogP contribution < -0.4 is 19.5 Å². The number of hydrogen-bond acceptors (Lipinski definition) is 4. The summed E-state index contributed by atoms with van der Waals surface area (Å²) in [6, 6.07) is 21.8. The van der Waals surface area contributed by atoms with Gasteiger partial charge in [-0.15, -0.1) is 0 Å². The monoisotopic (exact) mass is 458 g/mol. The molecule has 0 saturated heterocycles. The molecule has 1 aromatic heterocycles. The lowest BCUT2D eigenvalue weighted by atomic mass is 9.89. The van der Waals surface area contributed by atoms with Crippen LogP contribution in [0.15, 0.2) is 72.9 Å². The average molecular weight is 459 g/mol. The van der Waals surface area contributed by atoms with Gasteiger partial charge in [-0.05, 0) is 41.8 Å². The van der Waals surface area contributed by atoms with E-state index in [0.717, 1.165) is 33.3 Å². The molecule has 0 aliphatic heterocycles. The van der Waals surface area contributed by atoms with E-state index < -0.39 is 0 Å². The average Bonchev–Trinajstić information content (AvgIpc) is 3.31. The summed E-state index contributed by atoms with van der Waals surface area (Å²) >= 11 is 0. The zero-order valence-corrected chi connectivity index (χ0v) is 19.8. The molecule has 4 rings (SSSR count). The van der Waals surface area contributed by atoms with Crippen molar-refractivity contribution < 1.29 is 19.0 Å². The Hall–Kier alpha value is -3.93. The molecule has 2 N–H and O–H groups in total. The summed E-state index contributed by atoms with van der Waals surface area (Å²) in [5.41, 5.74) is 4.20. The van der Waals surface area contributed by atoms with Crippen molar-refractivity contribution in [1.29, 1.82) is 0 Å². The van der Waals surface area contributed by atoms with E-state index in [1.54, 1.807) is 21.3 Å². The van der Waals surface area contributed by atoms with Crippen LogP contribution in [0.3, 0.4) is 0 Å². The van der Waals surface area contributed by atoms with Gasteiger partial charge >= 0.3 is 0 Å². The highest BCUT2D eigenvalue weighted by molar-refractivity contribution is 5.84. The number of methoxy groups -OCH3 is 3. The molecule has 0 saturated carbocycles. The van der Waals surface area contributed by atoms with E-state index in [1.807, 2.05) is 66.9 Å². The molecule has 0 aliphatic carbocycles. The molecule has 4 aromatic rings. The highest BCUT2D eigenvalue weighted by Crippen LogP contribution is 2.40. The third-order valence-electron chi connectivity index (χ3n) is 6.11. The SMILES string of the molecule is COc1ccc(CCC(=O)NCC(c2cccc(OC)c2OC)c2c[nH]c3ccccc23)cc1. The molecule has 176 valence electrons. The van der Waals surface area contributed by atoms with E-state index in [-0.39, 0.29) is 11.8 Å². The minimum atomic E-state index is -0.119. The second-order valence-electron chi connectivity index (χ2n) is 8.08. The van der Waals surface area contributed by atoms with Crippen molar-refractivity contribution in [2.45, 2.75) is 18.8 Å². The minimum absolute atomic E-state index is 0.00234. The van der Waals surface area contributed by atoms with Gasteiger partial charge in [0.1, 0.15) is 5.75 Å². The first-order valence-electron chi connectivity index (χ1n) is 11.3. The molecular formula is C28H30N2O4. The molecule has 1 atom stereocenters. The van der Waals surface area contributed by atoms with Gasteiger partial charge in [0, 0.05) is 41.5 Å². The number of benzene rings is 3. The van der Waals surface area contributed by atoms with E-state index >= 15 is 0 Å². The van der Waals surface area contributed by atoms with Gasteiger partial charge in [-0.3, -0.25) is 4.79 Å². The van der Waals surface area contributed by atoms with E-state index in [9.17, 15) is 4.79 Å². The van der Waals surface area contributed by atoms with Crippen LogP contribution in [0.25, 0.3) is 10.9 Å². The topological polar surface area (TPSA) is 72.6 Å². The molecule has 0 spiro atoms. The Morgan fingerprint density at radius 3 is 2.41 bits per heavy atom. The fraction of sp³-hybridized carbons (Fsp3) is 0.250. The van der Waals surface area contributed by atoms with Crippen molar-refractivity contribution in [2.24, 2.45) is 0 Å². The van der Waals surface area contributed by atoms with Crippen molar-refractivity contribution in [1.82, 2.24) is 10.3 Å². The lowest BCUT2D eigenvalue weighted by molar-refractivity contribution is -0.121. The van der Waals surface area contributed by atoms with Gasteiger partial charge in [0.25, 0.3) is 0 Å². The summed E-state index contributed by atoms with van der Waals surface area (Å²) in [5, 5.41) is 4.26. The summed E-state index contributed by atoms with van der Waals surface area (Å²) < 4.78 is 16.5. The van der Waals surface area contributed by atoms with Crippen LogP contribution >= 0.6 is 0 Å². The molecule has 0 bridgehead atoms. The number of carbonyl (C=O) groups excluding carboxylic acids is 1. The molecule has 6 heteroatoms. The van der Waals surface area contributed by atoms with Gasteiger partial charge in [0.15, 0.2) is 11.5 Å². The number of aromatic amines is 1. The fourth-order valence-corrected chi connectivity index (χ4v) is 4.31. The number of ether oxygens (including phenoxy) is 3. The smallest absolute Gasteiger partial charge is 0.220 e. The summed E-state index contributed by atoms with van der Waals surface area (Å²) in [7, 11) is 4.91. The highest BCUT2D eigenvalue weighted by atomic mass is 16.5. The molecule has 1 amide bonds. The number of aryl methyl sites for hydroxylation is 1. The molecule has 0 aliphatic rings. The molecular weight excluding hydrogens is 428 g/mol. The third kappa shape index (κ3) is 5.01. The Kier molecular flexibility index (Phi) is 7.38. The van der Waals surface area contributed by atoms with Gasteiger partial charge in [0.2, 0.25) is 5.91 Å². The minimum Gasteiger partial charge on any atom is -0.497 e. The standard InChI is InChI=1S/C28H30N2O4/c1-32-20-14-11-19(12-15-20)13-16-27(31)30-18-24(22-8-6-10-26(33-2)28(22)34-3)23-17-29-25-9-5-4-7-21(23)25/h4-12,14-15,17,24,29H,13,16,18H2,1-3H3,(H,30,31). The first-order chi connectivity index (χ1) is 16.6. The second-order valence-corrected chi connectivity index (χ2v) is 8.08. The Bertz CT molecular complexity index is 1250. The molecule has 0 fully saturated rings. The molecule has 3 aromatic carbocycles. The van der Waals surface area contributed by atoms with E-state index in [4.69, 9.17) is 14.2 Å². The Morgan fingerprint density at radius 2 is 1.68 bits per heavy atom. The predicted octanol–water partition coefficient (Wildman–Crippen LogP) is 5.07. The van der Waals surface area contributed by atoms with E-state index in [2.05, 4.69) is 16.4 Å². The first kappa shape index (κ1) is 23.2. The van der Waals surface area contributed by atoms with Crippen LogP contribution in [0.4, 0.5) is 0 Å². The van der Waals surface area contributed by atoms with E-state index in [0.29, 0.717) is 30.9 Å². The van der Waals surface area contributed by atoms with Crippen LogP contribution in [0, 0.1) is 0 Å². The zero-order chi connectivity index (χ0) is 23.9.